The molecule has 4 heteroatoms. The van der Waals surface area contributed by atoms with Crippen molar-refractivity contribution < 1.29 is 9.90 Å². The van der Waals surface area contributed by atoms with Crippen molar-refractivity contribution in [2.24, 2.45) is 0 Å². The van der Waals surface area contributed by atoms with Crippen molar-refractivity contribution in [2.75, 3.05) is 13.1 Å². The van der Waals surface area contributed by atoms with E-state index in [2.05, 4.69) is 0 Å². The van der Waals surface area contributed by atoms with Gasteiger partial charge in [0.1, 0.15) is 0 Å². The van der Waals surface area contributed by atoms with E-state index >= 15 is 0 Å². The van der Waals surface area contributed by atoms with Gasteiger partial charge in [-0.15, -0.1) is 0 Å². The van der Waals surface area contributed by atoms with E-state index in [1.165, 1.54) is 0 Å². The Morgan fingerprint density at radius 3 is 2.37 bits per heavy atom. The Bertz CT molecular complexity index is 501. The van der Waals surface area contributed by atoms with E-state index in [0.717, 1.165) is 18.4 Å². The fourth-order valence-corrected chi connectivity index (χ4v) is 2.98. The van der Waals surface area contributed by atoms with Crippen LogP contribution in [0.1, 0.15) is 31.7 Å². The third kappa shape index (κ3) is 2.05. The van der Waals surface area contributed by atoms with Crippen LogP contribution in [-0.2, 0) is 10.2 Å². The van der Waals surface area contributed by atoms with Crippen molar-refractivity contribution in [3.05, 3.63) is 34.9 Å². The molecule has 1 aromatic carbocycles. The lowest BCUT2D eigenvalue weighted by Gasteiger charge is -2.47. The van der Waals surface area contributed by atoms with Gasteiger partial charge in [-0.05, 0) is 37.0 Å². The molecular weight excluding hydrogens is 262 g/mol. The van der Waals surface area contributed by atoms with Crippen LogP contribution < -0.4 is 0 Å². The molecule has 1 saturated heterocycles. The summed E-state index contributed by atoms with van der Waals surface area (Å²) < 4.78 is 0. The number of aliphatic hydroxyl groups is 1. The standard InChI is InChI=1S/C15H18ClNO2/c1-2-14(19)9-17(10-14)13(18)15(7-8-15)11-3-5-12(16)6-4-11/h3-6,19H,2,7-10H2,1H3. The van der Waals surface area contributed by atoms with Crippen LogP contribution in [0.2, 0.25) is 5.02 Å². The summed E-state index contributed by atoms with van der Waals surface area (Å²) in [6.45, 7) is 2.89. The first-order chi connectivity index (χ1) is 8.99. The number of halogens is 1. The normalized spacial score (nSPS) is 22.8. The lowest BCUT2D eigenvalue weighted by atomic mass is 9.87. The van der Waals surface area contributed by atoms with Crippen LogP contribution in [0.4, 0.5) is 0 Å². The summed E-state index contributed by atoms with van der Waals surface area (Å²) >= 11 is 5.89. The smallest absolute Gasteiger partial charge is 0.233 e. The van der Waals surface area contributed by atoms with Crippen LogP contribution in [-0.4, -0.2) is 34.6 Å². The first-order valence-electron chi connectivity index (χ1n) is 6.77. The van der Waals surface area contributed by atoms with Crippen LogP contribution >= 0.6 is 11.6 Å². The lowest BCUT2D eigenvalue weighted by Crippen LogP contribution is -2.64. The first-order valence-corrected chi connectivity index (χ1v) is 7.15. The largest absolute Gasteiger partial charge is 0.386 e. The number of hydrogen-bond acceptors (Lipinski definition) is 2. The molecule has 1 saturated carbocycles. The highest BCUT2D eigenvalue weighted by Crippen LogP contribution is 2.50. The maximum absolute atomic E-state index is 12.6. The molecule has 0 unspecified atom stereocenters. The van der Waals surface area contributed by atoms with Gasteiger partial charge >= 0.3 is 0 Å². The van der Waals surface area contributed by atoms with Crippen molar-refractivity contribution in [2.45, 2.75) is 37.2 Å². The summed E-state index contributed by atoms with van der Waals surface area (Å²) in [5.41, 5.74) is 0.0413. The zero-order valence-corrected chi connectivity index (χ0v) is 11.8. The van der Waals surface area contributed by atoms with Gasteiger partial charge in [0.2, 0.25) is 5.91 Å². The SMILES string of the molecule is CCC1(O)CN(C(=O)C2(c3ccc(Cl)cc3)CC2)C1. The number of nitrogens with zero attached hydrogens (tertiary/aromatic N) is 1. The van der Waals surface area contributed by atoms with Crippen molar-refractivity contribution in [1.82, 2.24) is 4.90 Å². The van der Waals surface area contributed by atoms with Gasteiger partial charge in [0.15, 0.2) is 0 Å². The Labute approximate surface area is 118 Å². The van der Waals surface area contributed by atoms with Crippen LogP contribution in [0.3, 0.4) is 0 Å². The Kier molecular flexibility index (Phi) is 2.88. The third-order valence-corrected chi connectivity index (χ3v) is 4.72. The van der Waals surface area contributed by atoms with Crippen molar-refractivity contribution >= 4 is 17.5 Å². The molecule has 1 aromatic rings. The van der Waals surface area contributed by atoms with E-state index in [-0.39, 0.29) is 11.3 Å². The molecule has 0 aromatic heterocycles. The van der Waals surface area contributed by atoms with Gasteiger partial charge in [0.25, 0.3) is 0 Å². The van der Waals surface area contributed by atoms with Gasteiger partial charge in [-0.3, -0.25) is 4.79 Å². The average Bonchev–Trinajstić information content (AvgIpc) is 3.16. The molecule has 1 amide bonds. The molecule has 2 fully saturated rings. The van der Waals surface area contributed by atoms with Gasteiger partial charge in [-0.25, -0.2) is 0 Å². The number of β-amino-alcohol motifs (C(OH)–C–C–N with tert-alkyl or cyclic N) is 1. The second-order valence-electron chi connectivity index (χ2n) is 5.83. The first kappa shape index (κ1) is 12.9. The van der Waals surface area contributed by atoms with E-state index in [1.54, 1.807) is 4.90 Å². The summed E-state index contributed by atoms with van der Waals surface area (Å²) in [6, 6.07) is 7.56. The molecule has 0 spiro atoms. The molecule has 0 atom stereocenters. The Balaban J connectivity index is 1.75. The van der Waals surface area contributed by atoms with Crippen LogP contribution in [0, 0.1) is 0 Å². The highest BCUT2D eigenvalue weighted by atomic mass is 35.5. The molecule has 1 aliphatic heterocycles. The van der Waals surface area contributed by atoms with Crippen molar-refractivity contribution in [3.8, 4) is 0 Å². The minimum absolute atomic E-state index is 0.160. The molecule has 1 heterocycles. The zero-order valence-electron chi connectivity index (χ0n) is 11.0. The summed E-state index contributed by atoms with van der Waals surface area (Å²) in [6.07, 6.45) is 2.49. The van der Waals surface area contributed by atoms with Crippen LogP contribution in [0.25, 0.3) is 0 Å². The predicted molar refractivity (Wildman–Crippen MR) is 74.2 cm³/mol. The molecule has 19 heavy (non-hydrogen) atoms. The van der Waals surface area contributed by atoms with Crippen LogP contribution in [0.5, 0.6) is 0 Å². The number of hydrogen-bond donors (Lipinski definition) is 1. The summed E-state index contributed by atoms with van der Waals surface area (Å²) in [7, 11) is 0. The predicted octanol–water partition coefficient (Wildman–Crippen LogP) is 2.35. The number of benzene rings is 1. The van der Waals surface area contributed by atoms with Crippen molar-refractivity contribution in [1.29, 1.82) is 0 Å². The average molecular weight is 280 g/mol. The molecule has 0 bridgehead atoms. The second-order valence-corrected chi connectivity index (χ2v) is 6.26. The van der Waals surface area contributed by atoms with Crippen molar-refractivity contribution in [3.63, 3.8) is 0 Å². The minimum atomic E-state index is -0.661. The lowest BCUT2D eigenvalue weighted by molar-refractivity contribution is -0.158. The highest BCUT2D eigenvalue weighted by Gasteiger charge is 2.56. The van der Waals surface area contributed by atoms with Gasteiger partial charge in [0, 0.05) is 5.02 Å². The topological polar surface area (TPSA) is 40.5 Å². The fourth-order valence-electron chi connectivity index (χ4n) is 2.85. The molecule has 1 N–H and O–H groups in total. The zero-order chi connectivity index (χ0) is 13.7. The Morgan fingerprint density at radius 1 is 1.32 bits per heavy atom. The van der Waals surface area contributed by atoms with E-state index in [0.29, 0.717) is 24.5 Å². The van der Waals surface area contributed by atoms with E-state index in [4.69, 9.17) is 11.6 Å². The monoisotopic (exact) mass is 279 g/mol. The molecule has 0 radical (unpaired) electrons. The highest BCUT2D eigenvalue weighted by molar-refractivity contribution is 6.30. The Morgan fingerprint density at radius 2 is 1.89 bits per heavy atom. The molecule has 3 nitrogen and oxygen atoms in total. The summed E-state index contributed by atoms with van der Waals surface area (Å²) in [5.74, 6) is 0.160. The van der Waals surface area contributed by atoms with Gasteiger partial charge in [-0.2, -0.15) is 0 Å². The molecule has 3 rings (SSSR count). The van der Waals surface area contributed by atoms with E-state index in [9.17, 15) is 9.90 Å². The number of amides is 1. The molecule has 1 aliphatic carbocycles. The molecular formula is C15H18ClNO2. The number of carbonyl (C=O) groups is 1. The second kappa shape index (κ2) is 4.22. The van der Waals surface area contributed by atoms with Gasteiger partial charge in [0.05, 0.1) is 24.1 Å². The summed E-state index contributed by atoms with van der Waals surface area (Å²) in [4.78, 5) is 14.4. The Hall–Kier alpha value is -1.06. The molecule has 2 aliphatic rings. The van der Waals surface area contributed by atoms with Gasteiger partial charge < -0.3 is 10.0 Å². The third-order valence-electron chi connectivity index (χ3n) is 4.47. The maximum atomic E-state index is 12.6. The molecule has 102 valence electrons. The maximum Gasteiger partial charge on any atom is 0.233 e. The number of carbonyl (C=O) groups excluding carboxylic acids is 1. The number of rotatable bonds is 3. The quantitative estimate of drug-likeness (QED) is 0.923. The van der Waals surface area contributed by atoms with Crippen LogP contribution in [0.15, 0.2) is 24.3 Å². The van der Waals surface area contributed by atoms with E-state index in [1.807, 2.05) is 31.2 Å². The number of likely N-dealkylation sites (tertiary alicyclic amines) is 1. The minimum Gasteiger partial charge on any atom is -0.386 e. The fraction of sp³-hybridized carbons (Fsp3) is 0.533. The van der Waals surface area contributed by atoms with E-state index < -0.39 is 5.60 Å². The van der Waals surface area contributed by atoms with Gasteiger partial charge in [-0.1, -0.05) is 30.7 Å². The summed E-state index contributed by atoms with van der Waals surface area (Å²) in [5, 5.41) is 10.7.